The molecule has 0 aromatic heterocycles. The van der Waals surface area contributed by atoms with E-state index in [1.165, 1.54) is 0 Å². The Kier molecular flexibility index (Phi) is 7.43. The highest BCUT2D eigenvalue weighted by atomic mass is 35.5. The Morgan fingerprint density at radius 3 is 2.43 bits per heavy atom. The van der Waals surface area contributed by atoms with Crippen LogP contribution >= 0.6 is 23.2 Å². The predicted octanol–water partition coefficient (Wildman–Crippen LogP) is 6.09. The van der Waals surface area contributed by atoms with Crippen molar-refractivity contribution in [2.45, 2.75) is 20.1 Å². The molecule has 0 aliphatic rings. The van der Waals surface area contributed by atoms with Crippen LogP contribution < -0.4 is 20.3 Å². The van der Waals surface area contributed by atoms with Gasteiger partial charge in [0.15, 0.2) is 11.5 Å². The molecule has 2 N–H and O–H groups in total. The maximum Gasteiger partial charge on any atom is 0.161 e. The van der Waals surface area contributed by atoms with E-state index >= 15 is 0 Å². The third-order valence-electron chi connectivity index (χ3n) is 4.01. The number of anilines is 1. The fourth-order valence-corrected chi connectivity index (χ4v) is 3.08. The van der Waals surface area contributed by atoms with E-state index in [-0.39, 0.29) is 0 Å². The van der Waals surface area contributed by atoms with Crippen LogP contribution in [0.3, 0.4) is 0 Å². The van der Waals surface area contributed by atoms with Crippen LogP contribution in [0, 0.1) is 0 Å². The molecule has 4 nitrogen and oxygen atoms in total. The summed E-state index contributed by atoms with van der Waals surface area (Å²) in [6, 6.07) is 21.2. The van der Waals surface area contributed by atoms with Gasteiger partial charge in [0, 0.05) is 27.8 Å². The smallest absolute Gasteiger partial charge is 0.161 e. The first-order valence-electron chi connectivity index (χ1n) is 9.02. The van der Waals surface area contributed by atoms with E-state index in [0.717, 1.165) is 16.8 Å². The highest BCUT2D eigenvalue weighted by Gasteiger charge is 2.09. The summed E-state index contributed by atoms with van der Waals surface area (Å²) in [7, 11) is 0. The van der Waals surface area contributed by atoms with E-state index < -0.39 is 0 Å². The van der Waals surface area contributed by atoms with Gasteiger partial charge in [-0.25, -0.2) is 5.43 Å². The van der Waals surface area contributed by atoms with Crippen LogP contribution in [0.15, 0.2) is 66.7 Å². The summed E-state index contributed by atoms with van der Waals surface area (Å²) >= 11 is 12.2. The first kappa shape index (κ1) is 20.3. The molecule has 3 aromatic rings. The fraction of sp³-hybridized carbons (Fsp3) is 0.182. The minimum absolute atomic E-state index is 0.337. The third kappa shape index (κ3) is 5.80. The zero-order valence-electron chi connectivity index (χ0n) is 15.5. The van der Waals surface area contributed by atoms with Crippen molar-refractivity contribution in [2.24, 2.45) is 0 Å². The lowest BCUT2D eigenvalue weighted by Gasteiger charge is -2.15. The summed E-state index contributed by atoms with van der Waals surface area (Å²) < 4.78 is 11.7. The van der Waals surface area contributed by atoms with Crippen LogP contribution in [0.1, 0.15) is 18.1 Å². The Labute approximate surface area is 175 Å². The number of halogens is 2. The van der Waals surface area contributed by atoms with Gasteiger partial charge in [-0.15, -0.1) is 0 Å². The van der Waals surface area contributed by atoms with Gasteiger partial charge in [0.2, 0.25) is 0 Å². The van der Waals surface area contributed by atoms with Gasteiger partial charge >= 0.3 is 0 Å². The molecule has 146 valence electrons. The molecule has 0 spiro atoms. The second kappa shape index (κ2) is 10.2. The average molecular weight is 417 g/mol. The Balaban J connectivity index is 1.63. The van der Waals surface area contributed by atoms with Crippen LogP contribution in [-0.4, -0.2) is 6.61 Å². The zero-order chi connectivity index (χ0) is 19.8. The van der Waals surface area contributed by atoms with E-state index in [4.69, 9.17) is 32.7 Å². The third-order valence-corrected chi connectivity index (χ3v) is 4.59. The maximum absolute atomic E-state index is 6.22. The van der Waals surface area contributed by atoms with Gasteiger partial charge in [0.1, 0.15) is 6.61 Å². The van der Waals surface area contributed by atoms with E-state index in [1.807, 2.05) is 61.5 Å². The van der Waals surface area contributed by atoms with Gasteiger partial charge in [0.05, 0.1) is 6.61 Å². The number of rotatable bonds is 9. The lowest BCUT2D eigenvalue weighted by atomic mass is 10.2. The summed E-state index contributed by atoms with van der Waals surface area (Å²) in [6.07, 6.45) is 0. The average Bonchev–Trinajstić information content (AvgIpc) is 2.69. The number of hydrazine groups is 1. The molecule has 0 heterocycles. The normalized spacial score (nSPS) is 10.5. The van der Waals surface area contributed by atoms with Gasteiger partial charge in [-0.1, -0.05) is 53.5 Å². The second-order valence-corrected chi connectivity index (χ2v) is 6.93. The van der Waals surface area contributed by atoms with Crippen molar-refractivity contribution in [3.05, 3.63) is 87.9 Å². The van der Waals surface area contributed by atoms with Crippen LogP contribution in [-0.2, 0) is 13.2 Å². The first-order valence-corrected chi connectivity index (χ1v) is 9.77. The largest absolute Gasteiger partial charge is 0.490 e. The van der Waals surface area contributed by atoms with Crippen molar-refractivity contribution in [2.75, 3.05) is 12.0 Å². The molecule has 28 heavy (non-hydrogen) atoms. The van der Waals surface area contributed by atoms with Gasteiger partial charge in [-0.3, -0.25) is 0 Å². The number of hydrogen-bond donors (Lipinski definition) is 2. The van der Waals surface area contributed by atoms with Crippen molar-refractivity contribution in [3.8, 4) is 11.5 Å². The molecule has 0 amide bonds. The SMILES string of the molecule is CCOc1cc(CNNc2ccccc2)ccc1OCc1ccc(Cl)cc1Cl. The molecule has 0 saturated carbocycles. The monoisotopic (exact) mass is 416 g/mol. The summed E-state index contributed by atoms with van der Waals surface area (Å²) in [4.78, 5) is 0. The molecule has 0 radical (unpaired) electrons. The summed E-state index contributed by atoms with van der Waals surface area (Å²) in [5.41, 5.74) is 9.32. The van der Waals surface area contributed by atoms with E-state index in [1.54, 1.807) is 12.1 Å². The molecular formula is C22H22Cl2N2O2. The molecule has 0 fully saturated rings. The van der Waals surface area contributed by atoms with Crippen molar-refractivity contribution < 1.29 is 9.47 Å². The van der Waals surface area contributed by atoms with Gasteiger partial charge in [0.25, 0.3) is 0 Å². The van der Waals surface area contributed by atoms with Crippen LogP contribution in [0.2, 0.25) is 10.0 Å². The molecule has 0 atom stereocenters. The number of ether oxygens (including phenoxy) is 2. The molecule has 0 saturated heterocycles. The lowest BCUT2D eigenvalue weighted by molar-refractivity contribution is 0.269. The van der Waals surface area contributed by atoms with Crippen molar-refractivity contribution >= 4 is 28.9 Å². The van der Waals surface area contributed by atoms with Crippen molar-refractivity contribution in [1.82, 2.24) is 5.43 Å². The molecule has 6 heteroatoms. The number of hydrogen-bond acceptors (Lipinski definition) is 4. The first-order chi connectivity index (χ1) is 13.7. The molecule has 0 aliphatic carbocycles. The van der Waals surface area contributed by atoms with Gasteiger partial charge < -0.3 is 14.9 Å². The lowest BCUT2D eigenvalue weighted by Crippen LogP contribution is -2.20. The van der Waals surface area contributed by atoms with Crippen molar-refractivity contribution in [1.29, 1.82) is 0 Å². The highest BCUT2D eigenvalue weighted by Crippen LogP contribution is 2.30. The second-order valence-electron chi connectivity index (χ2n) is 6.08. The highest BCUT2D eigenvalue weighted by molar-refractivity contribution is 6.35. The molecule has 3 rings (SSSR count). The summed E-state index contributed by atoms with van der Waals surface area (Å²) in [6.45, 7) is 3.47. The van der Waals surface area contributed by atoms with Gasteiger partial charge in [-0.2, -0.15) is 0 Å². The van der Waals surface area contributed by atoms with Crippen LogP contribution in [0.4, 0.5) is 5.69 Å². The van der Waals surface area contributed by atoms with E-state index in [9.17, 15) is 0 Å². The number of benzene rings is 3. The minimum Gasteiger partial charge on any atom is -0.490 e. The quantitative estimate of drug-likeness (QED) is 0.414. The Bertz CT molecular complexity index is 904. The molecule has 0 aliphatic heterocycles. The standard InChI is InChI=1S/C22H22Cl2N2O2/c1-2-27-22-12-16(14-25-26-19-6-4-3-5-7-19)8-11-21(22)28-15-17-9-10-18(23)13-20(17)24/h3-13,25-26H,2,14-15H2,1H3. The Morgan fingerprint density at radius 2 is 1.68 bits per heavy atom. The topological polar surface area (TPSA) is 42.5 Å². The van der Waals surface area contributed by atoms with E-state index in [2.05, 4.69) is 10.9 Å². The number of nitrogens with one attached hydrogen (secondary N) is 2. The Hall–Kier alpha value is -2.40. The van der Waals surface area contributed by atoms with E-state index in [0.29, 0.717) is 41.3 Å². The molecule has 3 aromatic carbocycles. The predicted molar refractivity (Wildman–Crippen MR) is 115 cm³/mol. The van der Waals surface area contributed by atoms with Crippen LogP contribution in [0.5, 0.6) is 11.5 Å². The van der Waals surface area contributed by atoms with Crippen LogP contribution in [0.25, 0.3) is 0 Å². The summed E-state index contributed by atoms with van der Waals surface area (Å²) in [5, 5.41) is 1.18. The molecular weight excluding hydrogens is 395 g/mol. The number of para-hydroxylation sites is 1. The fourth-order valence-electron chi connectivity index (χ4n) is 2.61. The Morgan fingerprint density at radius 1 is 0.857 bits per heavy atom. The summed E-state index contributed by atoms with van der Waals surface area (Å²) in [5.74, 6) is 1.37. The molecule has 0 bridgehead atoms. The zero-order valence-corrected chi connectivity index (χ0v) is 17.1. The molecule has 0 unspecified atom stereocenters. The van der Waals surface area contributed by atoms with Crippen molar-refractivity contribution in [3.63, 3.8) is 0 Å². The van der Waals surface area contributed by atoms with Gasteiger partial charge in [-0.05, 0) is 48.9 Å². The maximum atomic E-state index is 6.22. The minimum atomic E-state index is 0.337.